The van der Waals surface area contributed by atoms with Crippen LogP contribution in [-0.2, 0) is 6.42 Å². The van der Waals surface area contributed by atoms with Crippen molar-refractivity contribution >= 4 is 5.82 Å². The van der Waals surface area contributed by atoms with Gasteiger partial charge in [0.25, 0.3) is 0 Å². The van der Waals surface area contributed by atoms with Gasteiger partial charge in [0.05, 0.1) is 0 Å². The Morgan fingerprint density at radius 1 is 1.29 bits per heavy atom. The summed E-state index contributed by atoms with van der Waals surface area (Å²) in [6, 6.07) is 4.33. The molecule has 94 valence electrons. The van der Waals surface area contributed by atoms with Crippen molar-refractivity contribution in [2.45, 2.75) is 45.1 Å². The molecular formula is C14H23N3. The molecule has 1 aliphatic rings. The van der Waals surface area contributed by atoms with Crippen LogP contribution < -0.4 is 10.6 Å². The summed E-state index contributed by atoms with van der Waals surface area (Å²) in [5, 5.41) is 0. The number of aryl methyl sites for hydroxylation is 1. The van der Waals surface area contributed by atoms with Crippen LogP contribution in [-0.4, -0.2) is 23.6 Å². The molecule has 0 aromatic carbocycles. The first-order valence-electron chi connectivity index (χ1n) is 6.53. The van der Waals surface area contributed by atoms with Gasteiger partial charge in [-0.25, -0.2) is 4.98 Å². The van der Waals surface area contributed by atoms with Gasteiger partial charge in [-0.3, -0.25) is 0 Å². The fourth-order valence-corrected chi connectivity index (χ4v) is 2.16. The lowest BCUT2D eigenvalue weighted by Crippen LogP contribution is -2.32. The molecule has 2 rings (SSSR count). The highest BCUT2D eigenvalue weighted by Crippen LogP contribution is 2.18. The molecule has 3 heteroatoms. The van der Waals surface area contributed by atoms with E-state index >= 15 is 0 Å². The van der Waals surface area contributed by atoms with E-state index in [1.165, 1.54) is 18.4 Å². The van der Waals surface area contributed by atoms with E-state index in [2.05, 4.69) is 35.9 Å². The zero-order chi connectivity index (χ0) is 12.3. The predicted octanol–water partition coefficient (Wildman–Crippen LogP) is 2.35. The molecule has 1 aliphatic heterocycles. The van der Waals surface area contributed by atoms with Crippen LogP contribution in [0.5, 0.6) is 0 Å². The van der Waals surface area contributed by atoms with Gasteiger partial charge in [-0.1, -0.05) is 6.07 Å². The first kappa shape index (κ1) is 12.4. The third kappa shape index (κ3) is 3.70. The number of nitrogens with two attached hydrogens (primary N) is 1. The van der Waals surface area contributed by atoms with Crippen molar-refractivity contribution in [2.24, 2.45) is 5.73 Å². The summed E-state index contributed by atoms with van der Waals surface area (Å²) in [6.45, 7) is 6.45. The average molecular weight is 233 g/mol. The summed E-state index contributed by atoms with van der Waals surface area (Å²) in [4.78, 5) is 6.90. The molecule has 1 aromatic heterocycles. The van der Waals surface area contributed by atoms with Crippen LogP contribution in [0.4, 0.5) is 5.82 Å². The number of hydrogen-bond donors (Lipinski definition) is 1. The van der Waals surface area contributed by atoms with Crippen LogP contribution in [0.25, 0.3) is 0 Å². The quantitative estimate of drug-likeness (QED) is 0.868. The molecule has 17 heavy (non-hydrogen) atoms. The fourth-order valence-electron chi connectivity index (χ4n) is 2.16. The lowest BCUT2D eigenvalue weighted by molar-refractivity contribution is 0.476. The summed E-state index contributed by atoms with van der Waals surface area (Å²) in [7, 11) is 0. The molecule has 0 bridgehead atoms. The van der Waals surface area contributed by atoms with Crippen LogP contribution in [0.3, 0.4) is 0 Å². The molecule has 1 saturated heterocycles. The minimum absolute atomic E-state index is 0.0897. The van der Waals surface area contributed by atoms with Gasteiger partial charge >= 0.3 is 0 Å². The van der Waals surface area contributed by atoms with E-state index in [4.69, 9.17) is 5.73 Å². The number of hydrogen-bond acceptors (Lipinski definition) is 3. The Balaban J connectivity index is 1.93. The van der Waals surface area contributed by atoms with E-state index in [-0.39, 0.29) is 5.54 Å². The predicted molar refractivity (Wildman–Crippen MR) is 72.3 cm³/mol. The topological polar surface area (TPSA) is 42.1 Å². The van der Waals surface area contributed by atoms with Crippen molar-refractivity contribution in [1.82, 2.24) is 4.98 Å². The molecule has 0 amide bonds. The number of pyridine rings is 1. The summed E-state index contributed by atoms with van der Waals surface area (Å²) in [5.41, 5.74) is 7.18. The van der Waals surface area contributed by atoms with Gasteiger partial charge in [-0.2, -0.15) is 0 Å². The Hall–Kier alpha value is -1.09. The molecule has 0 spiro atoms. The molecule has 2 heterocycles. The van der Waals surface area contributed by atoms with E-state index in [0.717, 1.165) is 31.7 Å². The first-order valence-corrected chi connectivity index (χ1v) is 6.53. The Kier molecular flexibility index (Phi) is 3.67. The molecule has 1 fully saturated rings. The number of nitrogens with zero attached hydrogens (tertiary/aromatic N) is 2. The summed E-state index contributed by atoms with van der Waals surface area (Å²) in [6.07, 6.45) is 6.60. The van der Waals surface area contributed by atoms with Crippen molar-refractivity contribution in [3.05, 3.63) is 23.9 Å². The first-order chi connectivity index (χ1) is 8.04. The van der Waals surface area contributed by atoms with E-state index in [0.29, 0.717) is 0 Å². The second-order valence-corrected chi connectivity index (χ2v) is 5.71. The van der Waals surface area contributed by atoms with Gasteiger partial charge < -0.3 is 10.6 Å². The number of aromatic nitrogens is 1. The van der Waals surface area contributed by atoms with Gasteiger partial charge in [0.15, 0.2) is 0 Å². The third-order valence-corrected chi connectivity index (χ3v) is 3.30. The highest BCUT2D eigenvalue weighted by Gasteiger charge is 2.14. The van der Waals surface area contributed by atoms with Crippen molar-refractivity contribution in [2.75, 3.05) is 18.0 Å². The molecule has 0 atom stereocenters. The third-order valence-electron chi connectivity index (χ3n) is 3.30. The Labute approximate surface area is 104 Å². The fraction of sp³-hybridized carbons (Fsp3) is 0.643. The van der Waals surface area contributed by atoms with E-state index in [1.54, 1.807) is 0 Å². The van der Waals surface area contributed by atoms with Gasteiger partial charge in [0.1, 0.15) is 5.82 Å². The van der Waals surface area contributed by atoms with Gasteiger partial charge in [0, 0.05) is 24.8 Å². The van der Waals surface area contributed by atoms with Crippen LogP contribution >= 0.6 is 0 Å². The minimum Gasteiger partial charge on any atom is -0.357 e. The van der Waals surface area contributed by atoms with Gasteiger partial charge in [-0.05, 0) is 51.2 Å². The average Bonchev–Trinajstić information content (AvgIpc) is 2.79. The second-order valence-electron chi connectivity index (χ2n) is 5.71. The van der Waals surface area contributed by atoms with E-state index < -0.39 is 0 Å². The molecule has 3 nitrogen and oxygen atoms in total. The zero-order valence-electron chi connectivity index (χ0n) is 10.9. The van der Waals surface area contributed by atoms with Gasteiger partial charge in [0.2, 0.25) is 0 Å². The van der Waals surface area contributed by atoms with Crippen molar-refractivity contribution < 1.29 is 0 Å². The molecule has 0 aliphatic carbocycles. The maximum atomic E-state index is 5.98. The smallest absolute Gasteiger partial charge is 0.128 e. The largest absolute Gasteiger partial charge is 0.357 e. The normalized spacial score (nSPS) is 16.5. The SMILES string of the molecule is CC(C)(N)CCc1ccc(N2CCCC2)nc1. The molecule has 0 radical (unpaired) electrons. The lowest BCUT2D eigenvalue weighted by atomic mass is 9.97. The molecule has 1 aromatic rings. The highest BCUT2D eigenvalue weighted by molar-refractivity contribution is 5.40. The second kappa shape index (κ2) is 5.05. The van der Waals surface area contributed by atoms with Crippen molar-refractivity contribution in [1.29, 1.82) is 0 Å². The maximum Gasteiger partial charge on any atom is 0.128 e. The maximum absolute atomic E-state index is 5.98. The van der Waals surface area contributed by atoms with E-state index in [9.17, 15) is 0 Å². The van der Waals surface area contributed by atoms with E-state index in [1.807, 2.05) is 6.20 Å². The lowest BCUT2D eigenvalue weighted by Gasteiger charge is -2.19. The van der Waals surface area contributed by atoms with Crippen molar-refractivity contribution in [3.63, 3.8) is 0 Å². The van der Waals surface area contributed by atoms with Crippen molar-refractivity contribution in [3.8, 4) is 0 Å². The van der Waals surface area contributed by atoms with Crippen LogP contribution in [0.15, 0.2) is 18.3 Å². The standard InChI is InChI=1S/C14H23N3/c1-14(2,15)8-7-12-5-6-13(16-11-12)17-9-3-4-10-17/h5-6,11H,3-4,7-10,15H2,1-2H3. The molecule has 0 unspecified atom stereocenters. The summed E-state index contributed by atoms with van der Waals surface area (Å²) in [5.74, 6) is 1.12. The molecule has 2 N–H and O–H groups in total. The summed E-state index contributed by atoms with van der Waals surface area (Å²) >= 11 is 0. The van der Waals surface area contributed by atoms with Crippen LogP contribution in [0, 0.1) is 0 Å². The molecular weight excluding hydrogens is 210 g/mol. The number of rotatable bonds is 4. The highest BCUT2D eigenvalue weighted by atomic mass is 15.2. The van der Waals surface area contributed by atoms with Gasteiger partial charge in [-0.15, -0.1) is 0 Å². The number of anilines is 1. The Morgan fingerprint density at radius 3 is 2.53 bits per heavy atom. The molecule has 0 saturated carbocycles. The summed E-state index contributed by atoms with van der Waals surface area (Å²) < 4.78 is 0. The Morgan fingerprint density at radius 2 is 2.00 bits per heavy atom. The van der Waals surface area contributed by atoms with Crippen LogP contribution in [0.1, 0.15) is 38.7 Å². The monoisotopic (exact) mass is 233 g/mol. The minimum atomic E-state index is -0.0897. The Bertz CT molecular complexity index is 345. The zero-order valence-corrected chi connectivity index (χ0v) is 10.9. The van der Waals surface area contributed by atoms with Crippen LogP contribution in [0.2, 0.25) is 0 Å².